The van der Waals surface area contributed by atoms with E-state index in [9.17, 15) is 5.11 Å². The molecule has 0 saturated heterocycles. The van der Waals surface area contributed by atoms with Gasteiger partial charge < -0.3 is 5.11 Å². The van der Waals surface area contributed by atoms with Crippen LogP contribution in [0.25, 0.3) is 0 Å². The molecular formula is C14H15Br3N2O. The summed E-state index contributed by atoms with van der Waals surface area (Å²) < 4.78 is 4.72. The fourth-order valence-electron chi connectivity index (χ4n) is 2.11. The van der Waals surface area contributed by atoms with Crippen molar-refractivity contribution in [2.45, 2.75) is 25.9 Å². The monoisotopic (exact) mass is 464 g/mol. The molecule has 0 spiro atoms. The first kappa shape index (κ1) is 16.2. The fraction of sp³-hybridized carbons (Fsp3) is 0.357. The second-order valence-corrected chi connectivity index (χ2v) is 7.23. The highest BCUT2D eigenvalue weighted by molar-refractivity contribution is 9.11. The van der Waals surface area contributed by atoms with Gasteiger partial charge >= 0.3 is 0 Å². The Balaban J connectivity index is 2.27. The van der Waals surface area contributed by atoms with E-state index in [1.54, 1.807) is 0 Å². The van der Waals surface area contributed by atoms with Crippen LogP contribution in [0.1, 0.15) is 30.0 Å². The van der Waals surface area contributed by atoms with Crippen molar-refractivity contribution < 1.29 is 5.11 Å². The molecule has 0 fully saturated rings. The molecule has 6 heteroatoms. The van der Waals surface area contributed by atoms with E-state index in [2.05, 4.69) is 59.8 Å². The van der Waals surface area contributed by atoms with Crippen LogP contribution in [0.4, 0.5) is 0 Å². The third kappa shape index (κ3) is 3.53. The number of aryl methyl sites for hydroxylation is 2. The van der Waals surface area contributed by atoms with Crippen molar-refractivity contribution in [2.75, 3.05) is 0 Å². The lowest BCUT2D eigenvalue weighted by molar-refractivity contribution is 0.175. The quantitative estimate of drug-likeness (QED) is 0.718. The number of benzene rings is 1. The molecule has 1 unspecified atom stereocenters. The van der Waals surface area contributed by atoms with Crippen molar-refractivity contribution in [2.24, 2.45) is 7.05 Å². The molecule has 1 N–H and O–H groups in total. The Morgan fingerprint density at radius 3 is 2.30 bits per heavy atom. The lowest BCUT2D eigenvalue weighted by Crippen LogP contribution is -2.07. The summed E-state index contributed by atoms with van der Waals surface area (Å²) >= 11 is 10.5. The summed E-state index contributed by atoms with van der Waals surface area (Å²) in [7, 11) is 1.91. The first-order chi connectivity index (χ1) is 9.42. The summed E-state index contributed by atoms with van der Waals surface area (Å²) in [6.07, 6.45) is 0.820. The van der Waals surface area contributed by atoms with E-state index < -0.39 is 6.10 Å². The fourth-order valence-corrected chi connectivity index (χ4v) is 4.22. The lowest BCUT2D eigenvalue weighted by Gasteiger charge is -2.13. The Labute approximate surface area is 143 Å². The van der Waals surface area contributed by atoms with Crippen molar-refractivity contribution >= 4 is 47.8 Å². The Kier molecular flexibility index (Phi) is 5.45. The molecule has 1 atom stereocenters. The van der Waals surface area contributed by atoms with E-state index in [4.69, 9.17) is 0 Å². The van der Waals surface area contributed by atoms with Gasteiger partial charge in [-0.05, 0) is 46.1 Å². The van der Waals surface area contributed by atoms with Gasteiger partial charge in [0.15, 0.2) is 0 Å². The van der Waals surface area contributed by atoms with Crippen LogP contribution in [0.15, 0.2) is 31.6 Å². The Morgan fingerprint density at radius 2 is 1.80 bits per heavy atom. The minimum atomic E-state index is -0.569. The van der Waals surface area contributed by atoms with Crippen LogP contribution in [0, 0.1) is 0 Å². The second kappa shape index (κ2) is 6.73. The number of rotatable bonds is 4. The second-order valence-electron chi connectivity index (χ2n) is 4.61. The maximum absolute atomic E-state index is 10.5. The third-order valence-electron chi connectivity index (χ3n) is 3.16. The largest absolute Gasteiger partial charge is 0.388 e. The summed E-state index contributed by atoms with van der Waals surface area (Å²) in [4.78, 5) is 0. The molecule has 0 aliphatic heterocycles. The molecule has 2 aromatic rings. The summed E-state index contributed by atoms with van der Waals surface area (Å²) in [5.41, 5.74) is 2.90. The average Bonchev–Trinajstić information content (AvgIpc) is 2.65. The first-order valence-corrected chi connectivity index (χ1v) is 8.64. The standard InChI is InChI=1S/C14H15Br3N2O/c1-3-11-14(17)12(19(2)18-11)7-13(20)8-4-9(15)6-10(16)5-8/h4-6,13,20H,3,7H2,1-2H3. The number of nitrogens with zero attached hydrogens (tertiary/aromatic N) is 2. The molecule has 0 bridgehead atoms. The smallest absolute Gasteiger partial charge is 0.0846 e. The first-order valence-electron chi connectivity index (χ1n) is 6.26. The van der Waals surface area contributed by atoms with E-state index in [0.717, 1.165) is 36.8 Å². The molecule has 1 heterocycles. The molecule has 2 rings (SSSR count). The van der Waals surface area contributed by atoms with Crippen LogP contribution >= 0.6 is 47.8 Å². The predicted octanol–water partition coefficient (Wildman–Crippen LogP) is 4.55. The lowest BCUT2D eigenvalue weighted by atomic mass is 10.0. The van der Waals surface area contributed by atoms with Gasteiger partial charge in [0.05, 0.1) is 22.0 Å². The molecule has 1 aromatic carbocycles. The summed E-state index contributed by atoms with van der Waals surface area (Å²) in [6, 6.07) is 5.81. The van der Waals surface area contributed by atoms with Crippen molar-refractivity contribution in [1.82, 2.24) is 9.78 Å². The minimum Gasteiger partial charge on any atom is -0.388 e. The van der Waals surface area contributed by atoms with E-state index in [0.29, 0.717) is 6.42 Å². The number of hydrogen-bond acceptors (Lipinski definition) is 2. The van der Waals surface area contributed by atoms with Crippen molar-refractivity contribution in [3.05, 3.63) is 48.6 Å². The zero-order chi connectivity index (χ0) is 14.9. The molecule has 20 heavy (non-hydrogen) atoms. The van der Waals surface area contributed by atoms with Gasteiger partial charge in [0.1, 0.15) is 0 Å². The van der Waals surface area contributed by atoms with Crippen LogP contribution in [-0.2, 0) is 19.9 Å². The normalized spacial score (nSPS) is 12.7. The van der Waals surface area contributed by atoms with Crippen LogP contribution in [0.5, 0.6) is 0 Å². The Hall–Kier alpha value is -0.170. The van der Waals surface area contributed by atoms with E-state index >= 15 is 0 Å². The molecule has 0 amide bonds. The van der Waals surface area contributed by atoms with Gasteiger partial charge in [-0.15, -0.1) is 0 Å². The highest BCUT2D eigenvalue weighted by Gasteiger charge is 2.18. The minimum absolute atomic E-state index is 0.521. The maximum Gasteiger partial charge on any atom is 0.0846 e. The number of hydrogen-bond donors (Lipinski definition) is 1. The number of halogens is 3. The number of aliphatic hydroxyl groups is 1. The van der Waals surface area contributed by atoms with Gasteiger partial charge in [-0.2, -0.15) is 5.10 Å². The van der Waals surface area contributed by atoms with Crippen molar-refractivity contribution in [3.8, 4) is 0 Å². The summed E-state index contributed by atoms with van der Waals surface area (Å²) in [5, 5.41) is 14.9. The topological polar surface area (TPSA) is 38.0 Å². The molecule has 3 nitrogen and oxygen atoms in total. The molecular weight excluding hydrogens is 452 g/mol. The molecule has 0 aliphatic rings. The Morgan fingerprint density at radius 1 is 1.20 bits per heavy atom. The average molecular weight is 467 g/mol. The number of aliphatic hydroxyl groups excluding tert-OH is 1. The predicted molar refractivity (Wildman–Crippen MR) is 90.8 cm³/mol. The number of aromatic nitrogens is 2. The highest BCUT2D eigenvalue weighted by atomic mass is 79.9. The highest BCUT2D eigenvalue weighted by Crippen LogP contribution is 2.29. The van der Waals surface area contributed by atoms with Gasteiger partial charge in [-0.3, -0.25) is 4.68 Å². The zero-order valence-corrected chi connectivity index (χ0v) is 16.0. The van der Waals surface area contributed by atoms with E-state index in [1.807, 2.05) is 29.9 Å². The van der Waals surface area contributed by atoms with E-state index in [-0.39, 0.29) is 0 Å². The molecule has 108 valence electrons. The van der Waals surface area contributed by atoms with Crippen LogP contribution < -0.4 is 0 Å². The summed E-state index contributed by atoms with van der Waals surface area (Å²) in [5.74, 6) is 0. The van der Waals surface area contributed by atoms with Crippen molar-refractivity contribution in [1.29, 1.82) is 0 Å². The molecule has 1 aromatic heterocycles. The van der Waals surface area contributed by atoms with Crippen LogP contribution in [-0.4, -0.2) is 14.9 Å². The maximum atomic E-state index is 10.5. The molecule has 0 saturated carbocycles. The molecule has 0 radical (unpaired) electrons. The van der Waals surface area contributed by atoms with Crippen LogP contribution in [0.2, 0.25) is 0 Å². The van der Waals surface area contributed by atoms with Crippen molar-refractivity contribution in [3.63, 3.8) is 0 Å². The third-order valence-corrected chi connectivity index (χ3v) is 4.99. The SMILES string of the molecule is CCc1nn(C)c(CC(O)c2cc(Br)cc(Br)c2)c1Br. The Bertz CT molecular complexity index is 605. The van der Waals surface area contributed by atoms with Gasteiger partial charge in [0, 0.05) is 22.4 Å². The zero-order valence-electron chi connectivity index (χ0n) is 11.2. The molecule has 0 aliphatic carbocycles. The van der Waals surface area contributed by atoms with Gasteiger partial charge in [0.2, 0.25) is 0 Å². The van der Waals surface area contributed by atoms with Crippen LogP contribution in [0.3, 0.4) is 0 Å². The van der Waals surface area contributed by atoms with Gasteiger partial charge in [-0.25, -0.2) is 0 Å². The van der Waals surface area contributed by atoms with E-state index in [1.165, 1.54) is 0 Å². The van der Waals surface area contributed by atoms with Gasteiger partial charge in [-0.1, -0.05) is 38.8 Å². The summed E-state index contributed by atoms with van der Waals surface area (Å²) in [6.45, 7) is 2.07. The van der Waals surface area contributed by atoms with Gasteiger partial charge in [0.25, 0.3) is 0 Å².